The molecule has 0 radical (unpaired) electrons. The number of methoxy groups -OCH3 is 1. The first-order valence-corrected chi connectivity index (χ1v) is 7.68. The van der Waals surface area contributed by atoms with E-state index in [-0.39, 0.29) is 5.97 Å². The van der Waals surface area contributed by atoms with E-state index in [0.29, 0.717) is 17.2 Å². The first kappa shape index (κ1) is 14.5. The summed E-state index contributed by atoms with van der Waals surface area (Å²) in [7, 11) is 1.40. The van der Waals surface area contributed by atoms with Crippen LogP contribution in [0.3, 0.4) is 0 Å². The Bertz CT molecular complexity index is 450. The summed E-state index contributed by atoms with van der Waals surface area (Å²) in [5.41, 5.74) is 0. The van der Waals surface area contributed by atoms with E-state index in [1.807, 2.05) is 6.07 Å². The second kappa shape index (κ2) is 7.01. The summed E-state index contributed by atoms with van der Waals surface area (Å²) in [5, 5.41) is 0.694. The molecule has 1 fully saturated rings. The van der Waals surface area contributed by atoms with Crippen molar-refractivity contribution in [3.05, 3.63) is 17.3 Å². The van der Waals surface area contributed by atoms with Crippen LogP contribution in [-0.2, 0) is 9.53 Å². The highest BCUT2D eigenvalue weighted by molar-refractivity contribution is 7.99. The SMILES string of the molecule is COC(=O)CCSc1ccnc(N2CCCC2)c1Cl. The normalized spacial score (nSPS) is 14.7. The molecule has 1 aliphatic rings. The standard InChI is InChI=1S/C13H17ClN2O2S/c1-18-11(17)5-9-19-10-4-6-15-13(12(10)14)16-7-2-3-8-16/h4,6H,2-3,5,7-9H2,1H3. The molecular weight excluding hydrogens is 284 g/mol. The second-order valence-corrected chi connectivity index (χ2v) is 5.83. The van der Waals surface area contributed by atoms with Crippen LogP contribution in [0.25, 0.3) is 0 Å². The van der Waals surface area contributed by atoms with Crippen molar-refractivity contribution in [1.82, 2.24) is 4.98 Å². The Morgan fingerprint density at radius 3 is 2.95 bits per heavy atom. The molecule has 0 atom stereocenters. The molecule has 2 rings (SSSR count). The van der Waals surface area contributed by atoms with Crippen molar-refractivity contribution in [2.45, 2.75) is 24.2 Å². The van der Waals surface area contributed by atoms with E-state index in [1.54, 1.807) is 18.0 Å². The van der Waals surface area contributed by atoms with E-state index in [1.165, 1.54) is 20.0 Å². The van der Waals surface area contributed by atoms with Crippen LogP contribution in [0.15, 0.2) is 17.2 Å². The summed E-state index contributed by atoms with van der Waals surface area (Å²) in [6.45, 7) is 2.03. The van der Waals surface area contributed by atoms with Crippen LogP contribution in [0.5, 0.6) is 0 Å². The average Bonchev–Trinajstić information content (AvgIpc) is 2.94. The molecule has 0 bridgehead atoms. The van der Waals surface area contributed by atoms with E-state index < -0.39 is 0 Å². The zero-order chi connectivity index (χ0) is 13.7. The van der Waals surface area contributed by atoms with Crippen molar-refractivity contribution in [2.24, 2.45) is 0 Å². The predicted molar refractivity (Wildman–Crippen MR) is 78.1 cm³/mol. The lowest BCUT2D eigenvalue weighted by Gasteiger charge is -2.18. The molecule has 0 aliphatic carbocycles. The number of hydrogen-bond donors (Lipinski definition) is 0. The van der Waals surface area contributed by atoms with E-state index in [2.05, 4.69) is 14.6 Å². The smallest absolute Gasteiger partial charge is 0.306 e. The summed E-state index contributed by atoms with van der Waals surface area (Å²) >= 11 is 7.96. The lowest BCUT2D eigenvalue weighted by Crippen LogP contribution is -2.19. The maximum Gasteiger partial charge on any atom is 0.306 e. The van der Waals surface area contributed by atoms with Crippen LogP contribution in [0.4, 0.5) is 5.82 Å². The maximum atomic E-state index is 11.1. The van der Waals surface area contributed by atoms with Gasteiger partial charge in [-0.25, -0.2) is 4.98 Å². The second-order valence-electron chi connectivity index (χ2n) is 4.32. The zero-order valence-corrected chi connectivity index (χ0v) is 12.5. The third kappa shape index (κ3) is 3.76. The van der Waals surface area contributed by atoms with Gasteiger partial charge in [-0.15, -0.1) is 11.8 Å². The fraction of sp³-hybridized carbons (Fsp3) is 0.538. The van der Waals surface area contributed by atoms with Gasteiger partial charge in [0.1, 0.15) is 5.82 Å². The number of hydrogen-bond acceptors (Lipinski definition) is 5. The van der Waals surface area contributed by atoms with Gasteiger partial charge in [0, 0.05) is 29.9 Å². The highest BCUT2D eigenvalue weighted by atomic mass is 35.5. The number of ether oxygens (including phenoxy) is 1. The Morgan fingerprint density at radius 2 is 2.26 bits per heavy atom. The largest absolute Gasteiger partial charge is 0.469 e. The van der Waals surface area contributed by atoms with Gasteiger partial charge < -0.3 is 9.64 Å². The average molecular weight is 301 g/mol. The molecule has 0 N–H and O–H groups in total. The van der Waals surface area contributed by atoms with Gasteiger partial charge in [0.15, 0.2) is 0 Å². The van der Waals surface area contributed by atoms with Crippen molar-refractivity contribution in [2.75, 3.05) is 30.9 Å². The van der Waals surface area contributed by atoms with E-state index in [0.717, 1.165) is 23.8 Å². The van der Waals surface area contributed by atoms with Crippen LogP contribution in [-0.4, -0.2) is 36.9 Å². The summed E-state index contributed by atoms with van der Waals surface area (Å²) in [5.74, 6) is 1.33. The van der Waals surface area contributed by atoms with Crippen LogP contribution in [0, 0.1) is 0 Å². The van der Waals surface area contributed by atoms with E-state index >= 15 is 0 Å². The minimum Gasteiger partial charge on any atom is -0.469 e. The molecule has 2 heterocycles. The fourth-order valence-corrected chi connectivity index (χ4v) is 3.28. The molecule has 0 spiro atoms. The Morgan fingerprint density at radius 1 is 1.53 bits per heavy atom. The molecule has 0 saturated carbocycles. The molecule has 0 unspecified atom stereocenters. The highest BCUT2D eigenvalue weighted by Gasteiger charge is 2.18. The maximum absolute atomic E-state index is 11.1. The number of nitrogens with zero attached hydrogens (tertiary/aromatic N) is 2. The number of carbonyl (C=O) groups excluding carboxylic acids is 1. The lowest BCUT2D eigenvalue weighted by molar-refractivity contribution is -0.140. The summed E-state index contributed by atoms with van der Waals surface area (Å²) in [6, 6.07) is 1.89. The zero-order valence-electron chi connectivity index (χ0n) is 10.9. The van der Waals surface area contributed by atoms with Crippen molar-refractivity contribution in [1.29, 1.82) is 0 Å². The van der Waals surface area contributed by atoms with Crippen LogP contribution >= 0.6 is 23.4 Å². The van der Waals surface area contributed by atoms with Gasteiger partial charge in [-0.2, -0.15) is 0 Å². The van der Waals surface area contributed by atoms with Gasteiger partial charge in [0.25, 0.3) is 0 Å². The summed E-state index contributed by atoms with van der Waals surface area (Å²) in [4.78, 5) is 18.6. The van der Waals surface area contributed by atoms with Gasteiger partial charge in [-0.1, -0.05) is 11.6 Å². The van der Waals surface area contributed by atoms with E-state index in [4.69, 9.17) is 11.6 Å². The molecule has 1 saturated heterocycles. The summed E-state index contributed by atoms with van der Waals surface area (Å²) in [6.07, 6.45) is 4.55. The Balaban J connectivity index is 2.00. The third-order valence-corrected chi connectivity index (χ3v) is 4.58. The number of halogens is 1. The quantitative estimate of drug-likeness (QED) is 0.618. The molecule has 6 heteroatoms. The van der Waals surface area contributed by atoms with Crippen LogP contribution in [0.1, 0.15) is 19.3 Å². The van der Waals surface area contributed by atoms with Gasteiger partial charge in [0.05, 0.1) is 18.6 Å². The lowest BCUT2D eigenvalue weighted by atomic mass is 10.4. The highest BCUT2D eigenvalue weighted by Crippen LogP contribution is 2.35. The fourth-order valence-electron chi connectivity index (χ4n) is 2.02. The molecule has 0 aromatic carbocycles. The van der Waals surface area contributed by atoms with Gasteiger partial charge in [-0.3, -0.25) is 4.79 Å². The number of esters is 1. The van der Waals surface area contributed by atoms with Gasteiger partial charge in [-0.05, 0) is 18.9 Å². The molecule has 0 amide bonds. The summed E-state index contributed by atoms with van der Waals surface area (Å²) < 4.78 is 4.62. The van der Waals surface area contributed by atoms with E-state index in [9.17, 15) is 4.79 Å². The van der Waals surface area contributed by atoms with Gasteiger partial charge >= 0.3 is 5.97 Å². The molecule has 1 aliphatic heterocycles. The molecular formula is C13H17ClN2O2S. The minimum absolute atomic E-state index is 0.197. The third-order valence-electron chi connectivity index (χ3n) is 3.03. The first-order valence-electron chi connectivity index (χ1n) is 6.31. The number of aromatic nitrogens is 1. The van der Waals surface area contributed by atoms with Crippen LogP contribution < -0.4 is 4.90 Å². The van der Waals surface area contributed by atoms with Crippen molar-refractivity contribution in [3.63, 3.8) is 0 Å². The topological polar surface area (TPSA) is 42.4 Å². The molecule has 1 aromatic rings. The molecule has 19 heavy (non-hydrogen) atoms. The van der Waals surface area contributed by atoms with Crippen molar-refractivity contribution in [3.8, 4) is 0 Å². The minimum atomic E-state index is -0.197. The molecule has 4 nitrogen and oxygen atoms in total. The Hall–Kier alpha value is -0.940. The number of pyridine rings is 1. The molecule has 1 aromatic heterocycles. The first-order chi connectivity index (χ1) is 9.22. The van der Waals surface area contributed by atoms with Crippen molar-refractivity contribution >= 4 is 35.1 Å². The number of carbonyl (C=O) groups is 1. The number of thioether (sulfide) groups is 1. The Kier molecular flexibility index (Phi) is 5.34. The monoisotopic (exact) mass is 300 g/mol. The Labute approximate surface area is 122 Å². The van der Waals surface area contributed by atoms with Crippen molar-refractivity contribution < 1.29 is 9.53 Å². The van der Waals surface area contributed by atoms with Gasteiger partial charge in [0.2, 0.25) is 0 Å². The number of rotatable bonds is 5. The number of anilines is 1. The predicted octanol–water partition coefficient (Wildman–Crippen LogP) is 2.99. The van der Waals surface area contributed by atoms with Crippen LogP contribution in [0.2, 0.25) is 5.02 Å². The molecule has 104 valence electrons.